The van der Waals surface area contributed by atoms with Gasteiger partial charge in [-0.05, 0) is 13.8 Å². The molecule has 0 radical (unpaired) electrons. The van der Waals surface area contributed by atoms with Crippen LogP contribution in [0, 0.1) is 0 Å². The van der Waals surface area contributed by atoms with Gasteiger partial charge in [0.1, 0.15) is 0 Å². The first-order valence-corrected chi connectivity index (χ1v) is 11.4. The molecule has 11 heteroatoms. The third-order valence-corrected chi connectivity index (χ3v) is 3.36. The highest BCUT2D eigenvalue weighted by Crippen LogP contribution is 2.11. The molecule has 0 aliphatic carbocycles. The van der Waals surface area contributed by atoms with Crippen LogP contribution in [-0.4, -0.2) is 94.1 Å². The SMILES string of the molecule is C=C(C)C(=O)NCCC[N+](C)(C)C.C=C(C)C(=O)NCCC[N+](C)(C)C.O=P([O-])([O-])O. The van der Waals surface area contributed by atoms with Gasteiger partial charge in [-0.2, -0.15) is 0 Å². The van der Waals surface area contributed by atoms with Crippen molar-refractivity contribution in [1.82, 2.24) is 10.6 Å². The molecule has 2 amide bonds. The summed E-state index contributed by atoms with van der Waals surface area (Å²) in [7, 11) is 7.70. The van der Waals surface area contributed by atoms with Crippen molar-refractivity contribution < 1.29 is 37.8 Å². The molecule has 0 unspecified atom stereocenters. The molecule has 10 nitrogen and oxygen atoms in total. The van der Waals surface area contributed by atoms with Gasteiger partial charge in [-0.3, -0.25) is 9.59 Å². The van der Waals surface area contributed by atoms with E-state index in [1.165, 1.54) is 0 Å². The van der Waals surface area contributed by atoms with E-state index in [2.05, 4.69) is 66.1 Å². The highest BCUT2D eigenvalue weighted by atomic mass is 31.2. The fourth-order valence-electron chi connectivity index (χ4n) is 1.81. The highest BCUT2D eigenvalue weighted by Gasteiger charge is 2.07. The third kappa shape index (κ3) is 39.5. The van der Waals surface area contributed by atoms with E-state index in [9.17, 15) is 9.59 Å². The zero-order chi connectivity index (χ0) is 25.5. The fraction of sp³-hybridized carbons (Fsp3) is 0.700. The fourth-order valence-corrected chi connectivity index (χ4v) is 1.81. The number of amides is 2. The van der Waals surface area contributed by atoms with Crippen molar-refractivity contribution in [3.8, 4) is 0 Å². The molecule has 0 aliphatic rings. The van der Waals surface area contributed by atoms with Gasteiger partial charge < -0.3 is 38.8 Å². The molecule has 0 bridgehead atoms. The Labute approximate surface area is 188 Å². The molecule has 0 aromatic carbocycles. The summed E-state index contributed by atoms with van der Waals surface area (Å²) in [5.74, 6) is -0.0807. The summed E-state index contributed by atoms with van der Waals surface area (Å²) in [6.45, 7) is 14.2. The monoisotopic (exact) mass is 466 g/mol. The van der Waals surface area contributed by atoms with Gasteiger partial charge in [-0.25, -0.2) is 0 Å². The van der Waals surface area contributed by atoms with E-state index in [1.54, 1.807) is 13.8 Å². The first-order valence-electron chi connectivity index (χ1n) is 9.89. The largest absolute Gasteiger partial charge is 0.790 e. The van der Waals surface area contributed by atoms with Crippen molar-refractivity contribution >= 4 is 19.6 Å². The van der Waals surface area contributed by atoms with Crippen LogP contribution in [0.1, 0.15) is 26.7 Å². The Morgan fingerprint density at radius 2 is 1.03 bits per heavy atom. The van der Waals surface area contributed by atoms with Crippen LogP contribution in [0.25, 0.3) is 0 Å². The van der Waals surface area contributed by atoms with Gasteiger partial charge in [0.2, 0.25) is 11.8 Å². The average molecular weight is 467 g/mol. The molecular weight excluding hydrogens is 423 g/mol. The number of carbonyl (C=O) groups is 2. The molecule has 0 saturated carbocycles. The van der Waals surface area contributed by atoms with Crippen molar-refractivity contribution in [3.63, 3.8) is 0 Å². The molecular formula is C20H43N4O6P. The summed E-state index contributed by atoms with van der Waals surface area (Å²) in [5, 5.41) is 5.61. The summed E-state index contributed by atoms with van der Waals surface area (Å²) < 4.78 is 10.5. The quantitative estimate of drug-likeness (QED) is 0.169. The second-order valence-corrected chi connectivity index (χ2v) is 10.2. The van der Waals surface area contributed by atoms with E-state index in [4.69, 9.17) is 19.2 Å². The minimum absolute atomic E-state index is 0.0404. The first kappa shape index (κ1) is 34.1. The van der Waals surface area contributed by atoms with E-state index in [0.29, 0.717) is 11.1 Å². The first-order chi connectivity index (χ1) is 13.7. The van der Waals surface area contributed by atoms with E-state index in [-0.39, 0.29) is 11.8 Å². The van der Waals surface area contributed by atoms with Crippen LogP contribution in [0.4, 0.5) is 0 Å². The Bertz CT molecular complexity index is 566. The van der Waals surface area contributed by atoms with E-state index in [1.807, 2.05) is 0 Å². The molecule has 0 heterocycles. The van der Waals surface area contributed by atoms with E-state index >= 15 is 0 Å². The topological polar surface area (TPSA) is 142 Å². The van der Waals surface area contributed by atoms with Crippen LogP contribution in [0.15, 0.2) is 24.3 Å². The maximum atomic E-state index is 11.1. The number of phosphoric acid groups is 1. The summed E-state index contributed by atoms with van der Waals surface area (Å²) in [6, 6.07) is 0. The number of quaternary nitrogens is 2. The Hall–Kier alpha value is -1.55. The molecule has 0 fully saturated rings. The number of nitrogens with one attached hydrogen (secondary N) is 2. The summed E-state index contributed by atoms with van der Waals surface area (Å²) in [6.07, 6.45) is 2.00. The Balaban J connectivity index is -0.000000416. The molecule has 0 aromatic heterocycles. The van der Waals surface area contributed by atoms with Crippen molar-refractivity contribution in [3.05, 3.63) is 24.3 Å². The van der Waals surface area contributed by atoms with Crippen LogP contribution < -0.4 is 20.4 Å². The van der Waals surface area contributed by atoms with Crippen LogP contribution in [0.5, 0.6) is 0 Å². The maximum Gasteiger partial charge on any atom is 0.246 e. The van der Waals surface area contributed by atoms with Gasteiger partial charge in [0, 0.05) is 37.1 Å². The number of hydrogen-bond acceptors (Lipinski definition) is 5. The van der Waals surface area contributed by atoms with Crippen LogP contribution in [-0.2, 0) is 14.2 Å². The standard InChI is InChI=1S/2C10H20N2O.H3O4P/c2*1-9(2)10(13)11-7-6-8-12(3,4)5;1-5(2,3)4/h2*1,6-8H2,2-5H3;(H3,1,2,3,4). The molecule has 0 aromatic rings. The average Bonchev–Trinajstić information content (AvgIpc) is 2.52. The number of nitrogens with zero attached hydrogens (tertiary/aromatic N) is 2. The normalized spacial score (nSPS) is 11.2. The Morgan fingerprint density at radius 1 is 0.806 bits per heavy atom. The van der Waals surface area contributed by atoms with Crippen molar-refractivity contribution in [2.75, 3.05) is 68.5 Å². The summed E-state index contributed by atoms with van der Waals surface area (Å²) >= 11 is 0. The number of carbonyl (C=O) groups excluding carboxylic acids is 2. The molecule has 0 rings (SSSR count). The van der Waals surface area contributed by atoms with Gasteiger partial charge in [0.05, 0.1) is 63.2 Å². The molecule has 0 atom stereocenters. The van der Waals surface area contributed by atoms with E-state index < -0.39 is 7.82 Å². The smallest absolute Gasteiger partial charge is 0.246 e. The second-order valence-electron chi connectivity index (χ2n) is 9.28. The lowest BCUT2D eigenvalue weighted by molar-refractivity contribution is -0.870. The molecule has 0 aliphatic heterocycles. The maximum absolute atomic E-state index is 11.1. The molecule has 31 heavy (non-hydrogen) atoms. The van der Waals surface area contributed by atoms with Gasteiger partial charge in [0.15, 0.2) is 0 Å². The van der Waals surface area contributed by atoms with Crippen LogP contribution in [0.2, 0.25) is 0 Å². The van der Waals surface area contributed by atoms with Crippen LogP contribution in [0.3, 0.4) is 0 Å². The summed E-state index contributed by atoms with van der Waals surface area (Å²) in [5.41, 5.74) is 1.15. The number of rotatable bonds is 10. The minimum Gasteiger partial charge on any atom is -0.790 e. The Kier molecular flexibility index (Phi) is 17.7. The van der Waals surface area contributed by atoms with Crippen molar-refractivity contribution in [2.24, 2.45) is 0 Å². The molecule has 184 valence electrons. The third-order valence-electron chi connectivity index (χ3n) is 3.36. The second kappa shape index (κ2) is 16.1. The lowest BCUT2D eigenvalue weighted by Crippen LogP contribution is -2.37. The zero-order valence-corrected chi connectivity index (χ0v) is 21.4. The summed E-state index contributed by atoms with van der Waals surface area (Å²) in [4.78, 5) is 46.4. The van der Waals surface area contributed by atoms with Gasteiger partial charge >= 0.3 is 0 Å². The van der Waals surface area contributed by atoms with Crippen molar-refractivity contribution in [1.29, 1.82) is 0 Å². The molecule has 0 spiro atoms. The predicted molar refractivity (Wildman–Crippen MR) is 121 cm³/mol. The van der Waals surface area contributed by atoms with E-state index in [0.717, 1.165) is 48.0 Å². The lowest BCUT2D eigenvalue weighted by Gasteiger charge is -2.23. The molecule has 3 N–H and O–H groups in total. The number of hydrogen-bond donors (Lipinski definition) is 3. The molecule has 0 saturated heterocycles. The highest BCUT2D eigenvalue weighted by molar-refractivity contribution is 7.42. The van der Waals surface area contributed by atoms with Gasteiger partial charge in [-0.1, -0.05) is 13.2 Å². The Morgan fingerprint density at radius 3 is 1.19 bits per heavy atom. The zero-order valence-electron chi connectivity index (χ0n) is 20.5. The predicted octanol–water partition coefficient (Wildman–Crippen LogP) is -0.643. The van der Waals surface area contributed by atoms with Crippen molar-refractivity contribution in [2.45, 2.75) is 26.7 Å². The van der Waals surface area contributed by atoms with Gasteiger partial charge in [-0.15, -0.1) is 0 Å². The van der Waals surface area contributed by atoms with Crippen LogP contribution >= 0.6 is 7.82 Å². The lowest BCUT2D eigenvalue weighted by atomic mass is 10.3. The minimum atomic E-state index is -5.14. The van der Waals surface area contributed by atoms with Gasteiger partial charge in [0.25, 0.3) is 0 Å².